The van der Waals surface area contributed by atoms with Crippen molar-refractivity contribution in [1.82, 2.24) is 9.71 Å². The SMILES string of the molecule is CCc1ccc2nc(NC3CCC(CNS(=O)(=O)C(C)(C)C)CC3)sc2c1. The quantitative estimate of drug-likeness (QED) is 0.734. The lowest BCUT2D eigenvalue weighted by Crippen LogP contribution is -2.42. The van der Waals surface area contributed by atoms with Crippen molar-refractivity contribution in [1.29, 1.82) is 0 Å². The van der Waals surface area contributed by atoms with Crippen LogP contribution in [0.4, 0.5) is 5.13 Å². The second-order valence-electron chi connectivity index (χ2n) is 8.50. The lowest BCUT2D eigenvalue weighted by molar-refractivity contribution is 0.336. The zero-order chi connectivity index (χ0) is 19.7. The van der Waals surface area contributed by atoms with Gasteiger partial charge >= 0.3 is 0 Å². The third-order valence-corrected chi connectivity index (χ3v) is 8.51. The molecule has 1 heterocycles. The van der Waals surface area contributed by atoms with Crippen LogP contribution >= 0.6 is 11.3 Å². The lowest BCUT2D eigenvalue weighted by Gasteiger charge is -2.30. The summed E-state index contributed by atoms with van der Waals surface area (Å²) in [6, 6.07) is 6.91. The summed E-state index contributed by atoms with van der Waals surface area (Å²) in [5, 5.41) is 4.59. The van der Waals surface area contributed by atoms with Crippen LogP contribution in [0.5, 0.6) is 0 Å². The topological polar surface area (TPSA) is 71.1 Å². The number of sulfonamides is 1. The highest BCUT2D eigenvalue weighted by Crippen LogP contribution is 2.31. The fourth-order valence-corrected chi connectivity index (χ4v) is 5.27. The Morgan fingerprint density at radius 3 is 2.52 bits per heavy atom. The number of rotatable bonds is 6. The van der Waals surface area contributed by atoms with Crippen molar-refractivity contribution in [3.8, 4) is 0 Å². The zero-order valence-electron chi connectivity index (χ0n) is 16.7. The van der Waals surface area contributed by atoms with E-state index in [0.29, 0.717) is 18.5 Å². The van der Waals surface area contributed by atoms with E-state index in [0.717, 1.165) is 42.8 Å². The van der Waals surface area contributed by atoms with Gasteiger partial charge in [0, 0.05) is 12.6 Å². The maximum Gasteiger partial charge on any atom is 0.216 e. The molecule has 0 bridgehead atoms. The van der Waals surface area contributed by atoms with Crippen LogP contribution in [0.3, 0.4) is 0 Å². The Labute approximate surface area is 167 Å². The Morgan fingerprint density at radius 1 is 1.19 bits per heavy atom. The van der Waals surface area contributed by atoms with E-state index in [1.54, 1.807) is 32.1 Å². The lowest BCUT2D eigenvalue weighted by atomic mass is 9.86. The standard InChI is InChI=1S/C20H31N3O2S2/c1-5-14-8-11-17-18(12-14)26-19(23-17)22-16-9-6-15(7-10-16)13-21-27(24,25)20(2,3)4/h8,11-12,15-16,21H,5-7,9-10,13H2,1-4H3,(H,22,23). The number of aromatic nitrogens is 1. The molecule has 0 saturated heterocycles. The normalized spacial score (nSPS) is 21.5. The number of fused-ring (bicyclic) bond motifs is 1. The molecule has 0 unspecified atom stereocenters. The van der Waals surface area contributed by atoms with Crippen molar-refractivity contribution in [3.05, 3.63) is 23.8 Å². The van der Waals surface area contributed by atoms with Crippen molar-refractivity contribution in [2.45, 2.75) is 70.6 Å². The largest absolute Gasteiger partial charge is 0.359 e. The van der Waals surface area contributed by atoms with Crippen LogP contribution in [0.1, 0.15) is 58.9 Å². The van der Waals surface area contributed by atoms with Crippen molar-refractivity contribution in [3.63, 3.8) is 0 Å². The second-order valence-corrected chi connectivity index (χ2v) is 12.1. The van der Waals surface area contributed by atoms with Gasteiger partial charge in [-0.2, -0.15) is 0 Å². The van der Waals surface area contributed by atoms with Crippen molar-refractivity contribution >= 4 is 36.7 Å². The highest BCUT2D eigenvalue weighted by Gasteiger charge is 2.30. The number of aryl methyl sites for hydroxylation is 1. The molecule has 3 rings (SSSR count). The first-order valence-corrected chi connectivity index (χ1v) is 12.1. The summed E-state index contributed by atoms with van der Waals surface area (Å²) in [6.45, 7) is 7.92. The summed E-state index contributed by atoms with van der Waals surface area (Å²) in [5.41, 5.74) is 2.40. The molecule has 1 aromatic heterocycles. The highest BCUT2D eigenvalue weighted by molar-refractivity contribution is 7.90. The van der Waals surface area contributed by atoms with Gasteiger partial charge in [-0.15, -0.1) is 0 Å². The highest BCUT2D eigenvalue weighted by atomic mass is 32.2. The molecule has 2 aromatic rings. The maximum atomic E-state index is 12.2. The first-order chi connectivity index (χ1) is 12.7. The molecule has 27 heavy (non-hydrogen) atoms. The van der Waals surface area contributed by atoms with Crippen LogP contribution in [0, 0.1) is 5.92 Å². The van der Waals surface area contributed by atoms with Crippen LogP contribution in [0.25, 0.3) is 10.2 Å². The summed E-state index contributed by atoms with van der Waals surface area (Å²) in [4.78, 5) is 4.71. The molecule has 1 aliphatic rings. The van der Waals surface area contributed by atoms with Gasteiger partial charge in [0.25, 0.3) is 0 Å². The molecular formula is C20H31N3O2S2. The Kier molecular flexibility index (Phi) is 6.13. The van der Waals surface area contributed by atoms with Crippen LogP contribution in [-0.2, 0) is 16.4 Å². The molecule has 1 aromatic carbocycles. The number of hydrogen-bond donors (Lipinski definition) is 2. The predicted octanol–water partition coefficient (Wildman–Crippen LogP) is 4.55. The number of thiazole rings is 1. The van der Waals surface area contributed by atoms with Crippen LogP contribution in [0.2, 0.25) is 0 Å². The average Bonchev–Trinajstić information content (AvgIpc) is 3.01. The molecule has 150 valence electrons. The average molecular weight is 410 g/mol. The number of anilines is 1. The Bertz CT molecular complexity index is 876. The molecule has 0 spiro atoms. The van der Waals surface area contributed by atoms with E-state index in [-0.39, 0.29) is 0 Å². The third-order valence-electron chi connectivity index (χ3n) is 5.40. The van der Waals surface area contributed by atoms with E-state index < -0.39 is 14.8 Å². The van der Waals surface area contributed by atoms with E-state index in [1.165, 1.54) is 10.3 Å². The number of hydrogen-bond acceptors (Lipinski definition) is 5. The van der Waals surface area contributed by atoms with Crippen LogP contribution < -0.4 is 10.0 Å². The molecule has 7 heteroatoms. The smallest absolute Gasteiger partial charge is 0.216 e. The Hall–Kier alpha value is -1.18. The first kappa shape index (κ1) is 20.6. The Balaban J connectivity index is 1.51. The van der Waals surface area contributed by atoms with Gasteiger partial charge in [0.15, 0.2) is 5.13 Å². The van der Waals surface area contributed by atoms with Crippen LogP contribution in [-0.4, -0.2) is 30.7 Å². The van der Waals surface area contributed by atoms with E-state index in [4.69, 9.17) is 4.98 Å². The van der Waals surface area contributed by atoms with Crippen LogP contribution in [0.15, 0.2) is 18.2 Å². The number of benzene rings is 1. The molecule has 0 amide bonds. The maximum absolute atomic E-state index is 12.2. The molecule has 0 atom stereocenters. The fraction of sp³-hybridized carbons (Fsp3) is 0.650. The summed E-state index contributed by atoms with van der Waals surface area (Å²) in [5.74, 6) is 0.419. The molecule has 1 saturated carbocycles. The monoisotopic (exact) mass is 409 g/mol. The van der Waals surface area contributed by atoms with Crippen molar-refractivity contribution < 1.29 is 8.42 Å². The van der Waals surface area contributed by atoms with Gasteiger partial charge in [-0.3, -0.25) is 0 Å². The fourth-order valence-electron chi connectivity index (χ4n) is 3.38. The second kappa shape index (κ2) is 8.05. The summed E-state index contributed by atoms with van der Waals surface area (Å²) >= 11 is 1.72. The van der Waals surface area contributed by atoms with E-state index in [1.807, 2.05) is 0 Å². The number of nitrogens with one attached hydrogen (secondary N) is 2. The Morgan fingerprint density at radius 2 is 1.89 bits per heavy atom. The minimum atomic E-state index is -3.25. The molecule has 2 N–H and O–H groups in total. The molecule has 0 aliphatic heterocycles. The molecule has 0 radical (unpaired) electrons. The zero-order valence-corrected chi connectivity index (χ0v) is 18.3. The van der Waals surface area contributed by atoms with Gasteiger partial charge < -0.3 is 5.32 Å². The van der Waals surface area contributed by atoms with Gasteiger partial charge in [0.2, 0.25) is 10.0 Å². The van der Waals surface area contributed by atoms with Gasteiger partial charge in [0.1, 0.15) is 0 Å². The van der Waals surface area contributed by atoms with Gasteiger partial charge in [-0.1, -0.05) is 24.3 Å². The summed E-state index contributed by atoms with van der Waals surface area (Å²) in [6.07, 6.45) is 5.22. The summed E-state index contributed by atoms with van der Waals surface area (Å²) in [7, 11) is -3.25. The summed E-state index contributed by atoms with van der Waals surface area (Å²) < 4.78 is 27.7. The molecule has 5 nitrogen and oxygen atoms in total. The van der Waals surface area contributed by atoms with Gasteiger partial charge in [-0.05, 0) is 76.5 Å². The minimum absolute atomic E-state index is 0.419. The van der Waals surface area contributed by atoms with E-state index in [2.05, 4.69) is 35.2 Å². The van der Waals surface area contributed by atoms with Crippen molar-refractivity contribution in [2.24, 2.45) is 5.92 Å². The molecule has 1 fully saturated rings. The van der Waals surface area contributed by atoms with Gasteiger partial charge in [0.05, 0.1) is 15.0 Å². The minimum Gasteiger partial charge on any atom is -0.359 e. The first-order valence-electron chi connectivity index (χ1n) is 9.83. The molecular weight excluding hydrogens is 378 g/mol. The third kappa shape index (κ3) is 5.00. The predicted molar refractivity (Wildman–Crippen MR) is 115 cm³/mol. The van der Waals surface area contributed by atoms with Gasteiger partial charge in [-0.25, -0.2) is 18.1 Å². The molecule has 1 aliphatic carbocycles. The van der Waals surface area contributed by atoms with E-state index in [9.17, 15) is 8.42 Å². The van der Waals surface area contributed by atoms with Crippen molar-refractivity contribution in [2.75, 3.05) is 11.9 Å². The van der Waals surface area contributed by atoms with E-state index >= 15 is 0 Å². The number of nitrogens with zero attached hydrogens (tertiary/aromatic N) is 1.